The molecule has 0 aliphatic rings. The number of para-hydroxylation sites is 1. The molecule has 4 aromatic rings. The number of amides is 1. The number of aryl methyl sites for hydroxylation is 2. The van der Waals surface area contributed by atoms with E-state index >= 15 is 0 Å². The Balaban J connectivity index is 1.44. The minimum atomic E-state index is -0.0476. The van der Waals surface area contributed by atoms with Crippen molar-refractivity contribution in [3.63, 3.8) is 0 Å². The van der Waals surface area contributed by atoms with Crippen molar-refractivity contribution in [1.82, 2.24) is 4.98 Å². The zero-order chi connectivity index (χ0) is 22.7. The predicted octanol–water partition coefficient (Wildman–Crippen LogP) is 7.70. The molecule has 0 aliphatic carbocycles. The largest absolute Gasteiger partial charge is 0.325 e. The van der Waals surface area contributed by atoms with Crippen LogP contribution in [0.5, 0.6) is 0 Å². The average molecular weight is 500 g/mol. The summed E-state index contributed by atoms with van der Waals surface area (Å²) in [5.74, 6) is 0.248. The zero-order valence-electron chi connectivity index (χ0n) is 17.4. The number of rotatable bonds is 6. The van der Waals surface area contributed by atoms with Crippen LogP contribution in [-0.2, 0) is 4.79 Å². The molecule has 0 radical (unpaired) electrons. The van der Waals surface area contributed by atoms with Gasteiger partial charge in [-0.05, 0) is 55.3 Å². The number of nitrogens with one attached hydrogen (secondary N) is 1. The van der Waals surface area contributed by atoms with Crippen LogP contribution in [-0.4, -0.2) is 22.9 Å². The third-order valence-electron chi connectivity index (χ3n) is 4.77. The molecule has 3 aromatic carbocycles. The first kappa shape index (κ1) is 22.8. The number of carbonyl (C=O) groups excluding carboxylic acids is 1. The molecule has 1 amide bonds. The number of aliphatic imine (C=N–C) groups is 1. The van der Waals surface area contributed by atoms with E-state index in [9.17, 15) is 4.79 Å². The molecule has 0 unspecified atom stereocenters. The van der Waals surface area contributed by atoms with E-state index in [4.69, 9.17) is 23.2 Å². The van der Waals surface area contributed by atoms with Gasteiger partial charge in [0.1, 0.15) is 0 Å². The lowest BCUT2D eigenvalue weighted by Gasteiger charge is -2.10. The van der Waals surface area contributed by atoms with Crippen LogP contribution in [0.3, 0.4) is 0 Å². The topological polar surface area (TPSA) is 54.4 Å². The number of thiazole rings is 1. The van der Waals surface area contributed by atoms with Crippen LogP contribution in [0.25, 0.3) is 10.2 Å². The Hall–Kier alpha value is -2.38. The van der Waals surface area contributed by atoms with Crippen molar-refractivity contribution in [3.8, 4) is 0 Å². The fraction of sp³-hybridized carbons (Fsp3) is 0.125. The van der Waals surface area contributed by atoms with Gasteiger partial charge in [-0.25, -0.2) is 4.98 Å². The second-order valence-electron chi connectivity index (χ2n) is 7.13. The minimum absolute atomic E-state index is 0.0476. The lowest BCUT2D eigenvalue weighted by atomic mass is 10.1. The summed E-state index contributed by atoms with van der Waals surface area (Å²) in [6.07, 6.45) is 1.67. The second-order valence-corrected chi connectivity index (χ2v) is 10.2. The summed E-state index contributed by atoms with van der Waals surface area (Å²) >= 11 is 15.4. The van der Waals surface area contributed by atoms with Crippen LogP contribution in [0.2, 0.25) is 10.0 Å². The van der Waals surface area contributed by atoms with Crippen molar-refractivity contribution in [2.75, 3.05) is 11.1 Å². The van der Waals surface area contributed by atoms with Crippen LogP contribution in [0.15, 0.2) is 63.9 Å². The van der Waals surface area contributed by atoms with E-state index in [0.29, 0.717) is 21.4 Å². The van der Waals surface area contributed by atoms with E-state index < -0.39 is 0 Å². The van der Waals surface area contributed by atoms with Gasteiger partial charge in [0, 0.05) is 17.5 Å². The van der Waals surface area contributed by atoms with Crippen molar-refractivity contribution < 1.29 is 4.79 Å². The lowest BCUT2D eigenvalue weighted by molar-refractivity contribution is -0.113. The molecule has 32 heavy (non-hydrogen) atoms. The third kappa shape index (κ3) is 5.33. The van der Waals surface area contributed by atoms with E-state index in [1.165, 1.54) is 23.1 Å². The number of fused-ring (bicyclic) bond motifs is 1. The summed E-state index contributed by atoms with van der Waals surface area (Å²) in [5, 5.41) is 4.12. The number of halogens is 2. The average Bonchev–Trinajstić information content (AvgIpc) is 3.17. The molecule has 1 heterocycles. The van der Waals surface area contributed by atoms with E-state index in [-0.39, 0.29) is 5.91 Å². The molecule has 0 saturated heterocycles. The highest BCUT2D eigenvalue weighted by Gasteiger charge is 2.11. The van der Waals surface area contributed by atoms with Crippen LogP contribution in [0, 0.1) is 13.8 Å². The van der Waals surface area contributed by atoms with Gasteiger partial charge in [-0.15, -0.1) is 11.3 Å². The van der Waals surface area contributed by atoms with Crippen molar-refractivity contribution in [1.29, 1.82) is 0 Å². The molecule has 0 bridgehead atoms. The molecule has 0 spiro atoms. The van der Waals surface area contributed by atoms with E-state index in [0.717, 1.165) is 37.1 Å². The van der Waals surface area contributed by atoms with Gasteiger partial charge in [0.05, 0.1) is 31.7 Å². The summed E-state index contributed by atoms with van der Waals surface area (Å²) in [5.41, 5.74) is 5.32. The molecule has 0 saturated carbocycles. The van der Waals surface area contributed by atoms with Crippen LogP contribution >= 0.6 is 46.3 Å². The van der Waals surface area contributed by atoms with Crippen molar-refractivity contribution in [2.24, 2.45) is 4.99 Å². The Bertz CT molecular complexity index is 1290. The van der Waals surface area contributed by atoms with E-state index in [1.54, 1.807) is 24.4 Å². The highest BCUT2D eigenvalue weighted by Crippen LogP contribution is 2.32. The molecule has 162 valence electrons. The van der Waals surface area contributed by atoms with Gasteiger partial charge < -0.3 is 5.32 Å². The van der Waals surface area contributed by atoms with E-state index in [1.807, 2.05) is 50.2 Å². The molecular formula is C24H19Cl2N3OS2. The second kappa shape index (κ2) is 10.0. The maximum Gasteiger partial charge on any atom is 0.234 e. The molecule has 8 heteroatoms. The third-order valence-corrected chi connectivity index (χ3v) is 7.59. The van der Waals surface area contributed by atoms with Gasteiger partial charge in [0.2, 0.25) is 5.91 Å². The van der Waals surface area contributed by atoms with Gasteiger partial charge in [0.25, 0.3) is 0 Å². The molecule has 0 aliphatic heterocycles. The first-order valence-electron chi connectivity index (χ1n) is 9.78. The fourth-order valence-electron chi connectivity index (χ4n) is 3.12. The van der Waals surface area contributed by atoms with E-state index in [2.05, 4.69) is 15.3 Å². The predicted molar refractivity (Wildman–Crippen MR) is 139 cm³/mol. The van der Waals surface area contributed by atoms with Crippen LogP contribution < -0.4 is 5.32 Å². The summed E-state index contributed by atoms with van der Waals surface area (Å²) in [6, 6.07) is 17.1. The lowest BCUT2D eigenvalue weighted by Crippen LogP contribution is -2.15. The highest BCUT2D eigenvalue weighted by atomic mass is 35.5. The maximum atomic E-state index is 12.4. The zero-order valence-corrected chi connectivity index (χ0v) is 20.5. The number of thioether (sulfide) groups is 1. The SMILES string of the molecule is Cc1cccc(C)c1NC(=O)CSc1nc2ccc(N=Cc3c(Cl)cccc3Cl)cc2s1. The smallest absolute Gasteiger partial charge is 0.234 e. The summed E-state index contributed by atoms with van der Waals surface area (Å²) in [4.78, 5) is 21.6. The van der Waals surface area contributed by atoms with Gasteiger partial charge in [-0.1, -0.05) is 59.2 Å². The van der Waals surface area contributed by atoms with Gasteiger partial charge in [-0.2, -0.15) is 0 Å². The minimum Gasteiger partial charge on any atom is -0.325 e. The van der Waals surface area contributed by atoms with Gasteiger partial charge >= 0.3 is 0 Å². The quantitative estimate of drug-likeness (QED) is 0.218. The van der Waals surface area contributed by atoms with Crippen molar-refractivity contribution in [2.45, 2.75) is 18.2 Å². The number of nitrogens with zero attached hydrogens (tertiary/aromatic N) is 2. The Morgan fingerprint density at radius 1 is 1.09 bits per heavy atom. The standard InChI is InChI=1S/C24H19Cl2N3OS2/c1-14-5-3-6-15(2)23(14)29-22(30)13-31-24-28-20-10-9-16(11-21(20)32-24)27-12-17-18(25)7-4-8-19(17)26/h3-12H,13H2,1-2H3,(H,29,30). The molecule has 1 N–H and O–H groups in total. The first-order valence-corrected chi connectivity index (χ1v) is 12.3. The molecule has 1 aromatic heterocycles. The van der Waals surface area contributed by atoms with Crippen LogP contribution in [0.4, 0.5) is 11.4 Å². The number of carbonyl (C=O) groups is 1. The normalized spacial score (nSPS) is 11.4. The van der Waals surface area contributed by atoms with Gasteiger partial charge in [0.15, 0.2) is 4.34 Å². The number of hydrogen-bond donors (Lipinski definition) is 1. The fourth-order valence-corrected chi connectivity index (χ4v) is 5.52. The summed E-state index contributed by atoms with van der Waals surface area (Å²) in [7, 11) is 0. The molecular weight excluding hydrogens is 481 g/mol. The summed E-state index contributed by atoms with van der Waals surface area (Å²) < 4.78 is 1.84. The number of anilines is 1. The van der Waals surface area contributed by atoms with Gasteiger partial charge in [-0.3, -0.25) is 9.79 Å². The molecule has 4 nitrogen and oxygen atoms in total. The number of benzene rings is 3. The van der Waals surface area contributed by atoms with Crippen LogP contribution in [0.1, 0.15) is 16.7 Å². The highest BCUT2D eigenvalue weighted by molar-refractivity contribution is 8.01. The Morgan fingerprint density at radius 3 is 2.50 bits per heavy atom. The monoisotopic (exact) mass is 499 g/mol. The molecule has 0 atom stereocenters. The summed E-state index contributed by atoms with van der Waals surface area (Å²) in [6.45, 7) is 3.98. The maximum absolute atomic E-state index is 12.4. The van der Waals surface area contributed by atoms with Crippen molar-refractivity contribution >= 4 is 80.0 Å². The molecule has 4 rings (SSSR count). The van der Waals surface area contributed by atoms with Crippen molar-refractivity contribution in [3.05, 3.63) is 81.3 Å². The Kier molecular flexibility index (Phi) is 7.16. The number of aromatic nitrogens is 1. The Labute approximate surface area is 204 Å². The number of hydrogen-bond acceptors (Lipinski definition) is 5. The molecule has 0 fully saturated rings. The Morgan fingerprint density at radius 2 is 1.78 bits per heavy atom. The first-order chi connectivity index (χ1) is 15.4.